The highest BCUT2D eigenvalue weighted by Gasteiger charge is 2.44. The summed E-state index contributed by atoms with van der Waals surface area (Å²) in [6, 6.07) is 14.3. The standard InChI is InChI=1S/C26H30N2O5S/c1-26(2)22-19-21(34(31,32)33)15-16-23(22)28(18-10-4-7-14-25(29)30)24(26)13-8-9-17-27-20-11-5-3-6-12-20/h3,5-6,8-9,11-13,15-17,19H,4,7,10,14,18H2,1-2H3,(H2,29,30,31,32,33). The van der Waals surface area contributed by atoms with Crippen LogP contribution in [0, 0.1) is 0 Å². The largest absolute Gasteiger partial charge is 0.744 e. The SMILES string of the molecule is CC1(C)C(/C=C/C=C/Nc2ccccc2)=[N+](CCCCCC(=O)O)c2ccc(S(=O)(=O)[O-])cc21. The number of rotatable bonds is 11. The zero-order valence-corrected chi connectivity index (χ0v) is 20.2. The van der Waals surface area contributed by atoms with Crippen LogP contribution in [0.1, 0.15) is 45.1 Å². The van der Waals surface area contributed by atoms with Gasteiger partial charge in [-0.1, -0.05) is 24.3 Å². The van der Waals surface area contributed by atoms with Crippen LogP contribution < -0.4 is 5.32 Å². The number of fused-ring (bicyclic) bond motifs is 1. The van der Waals surface area contributed by atoms with Crippen molar-refractivity contribution in [2.75, 3.05) is 11.9 Å². The minimum absolute atomic E-state index is 0.141. The van der Waals surface area contributed by atoms with Gasteiger partial charge in [0.15, 0.2) is 5.71 Å². The molecule has 0 saturated heterocycles. The summed E-state index contributed by atoms with van der Waals surface area (Å²) < 4.78 is 37.0. The number of carboxylic acid groups (broad SMARTS) is 1. The molecule has 7 nitrogen and oxygen atoms in total. The highest BCUT2D eigenvalue weighted by atomic mass is 32.2. The molecule has 0 bridgehead atoms. The number of carboxylic acids is 1. The third-order valence-electron chi connectivity index (χ3n) is 5.91. The lowest BCUT2D eigenvalue weighted by Gasteiger charge is -2.17. The molecule has 3 rings (SSSR count). The molecule has 34 heavy (non-hydrogen) atoms. The fraction of sp³-hybridized carbons (Fsp3) is 0.308. The first kappa shape index (κ1) is 25.4. The lowest BCUT2D eigenvalue weighted by molar-refractivity contribution is -0.438. The number of unbranched alkanes of at least 4 members (excludes halogenated alkanes) is 2. The summed E-state index contributed by atoms with van der Waals surface area (Å²) in [5, 5.41) is 12.1. The molecule has 0 spiro atoms. The van der Waals surface area contributed by atoms with E-state index in [9.17, 15) is 17.8 Å². The number of allylic oxidation sites excluding steroid dienone is 3. The molecule has 2 aromatic carbocycles. The third kappa shape index (κ3) is 6.21. The lowest BCUT2D eigenvalue weighted by atomic mass is 9.81. The van der Waals surface area contributed by atoms with Crippen molar-refractivity contribution in [1.29, 1.82) is 0 Å². The molecule has 0 amide bonds. The number of hydrogen-bond acceptors (Lipinski definition) is 5. The molecule has 0 aliphatic carbocycles. The third-order valence-corrected chi connectivity index (χ3v) is 6.74. The highest BCUT2D eigenvalue weighted by molar-refractivity contribution is 7.85. The van der Waals surface area contributed by atoms with Crippen molar-refractivity contribution < 1.29 is 27.4 Å². The van der Waals surface area contributed by atoms with Gasteiger partial charge in [0.25, 0.3) is 0 Å². The van der Waals surface area contributed by atoms with E-state index >= 15 is 0 Å². The van der Waals surface area contributed by atoms with Gasteiger partial charge in [0.1, 0.15) is 16.7 Å². The molecule has 1 aliphatic rings. The maximum Gasteiger partial charge on any atom is 0.303 e. The molecule has 0 unspecified atom stereocenters. The van der Waals surface area contributed by atoms with E-state index in [-0.39, 0.29) is 11.3 Å². The van der Waals surface area contributed by atoms with E-state index in [1.165, 1.54) is 12.1 Å². The van der Waals surface area contributed by atoms with Crippen LogP contribution in [0.5, 0.6) is 0 Å². The van der Waals surface area contributed by atoms with E-state index in [1.807, 2.05) is 68.6 Å². The highest BCUT2D eigenvalue weighted by Crippen LogP contribution is 2.41. The fourth-order valence-corrected chi connectivity index (χ4v) is 4.65. The number of hydrogen-bond donors (Lipinski definition) is 2. The van der Waals surface area contributed by atoms with Crippen molar-refractivity contribution in [1.82, 2.24) is 0 Å². The lowest BCUT2D eigenvalue weighted by Crippen LogP contribution is -2.28. The topological polar surface area (TPSA) is 110 Å². The molecule has 0 saturated carbocycles. The maximum absolute atomic E-state index is 11.6. The molecule has 2 N–H and O–H groups in total. The summed E-state index contributed by atoms with van der Waals surface area (Å²) in [4.78, 5) is 10.5. The van der Waals surface area contributed by atoms with Crippen molar-refractivity contribution >= 4 is 33.2 Å². The summed E-state index contributed by atoms with van der Waals surface area (Å²) in [6.45, 7) is 4.66. The van der Waals surface area contributed by atoms with Crippen LogP contribution in [-0.2, 0) is 20.3 Å². The zero-order chi connectivity index (χ0) is 24.8. The molecule has 0 aromatic heterocycles. The van der Waals surface area contributed by atoms with Gasteiger partial charge in [-0.05, 0) is 57.0 Å². The monoisotopic (exact) mass is 482 g/mol. The summed E-state index contributed by atoms with van der Waals surface area (Å²) in [5.74, 6) is -0.801. The second-order valence-corrected chi connectivity index (χ2v) is 10.1. The van der Waals surface area contributed by atoms with E-state index in [4.69, 9.17) is 5.11 Å². The Balaban J connectivity index is 1.86. The Morgan fingerprint density at radius 3 is 2.50 bits per heavy atom. The van der Waals surface area contributed by atoms with Crippen LogP contribution in [0.3, 0.4) is 0 Å². The summed E-state index contributed by atoms with van der Waals surface area (Å²) in [5.41, 5.74) is 3.07. The van der Waals surface area contributed by atoms with Crippen LogP contribution in [0.4, 0.5) is 11.4 Å². The molecule has 1 heterocycles. The second-order valence-electron chi connectivity index (χ2n) is 8.73. The number of nitrogens with one attached hydrogen (secondary N) is 1. The van der Waals surface area contributed by atoms with Gasteiger partial charge >= 0.3 is 5.97 Å². The van der Waals surface area contributed by atoms with Crippen LogP contribution in [-0.4, -0.2) is 40.9 Å². The van der Waals surface area contributed by atoms with Crippen molar-refractivity contribution in [2.24, 2.45) is 0 Å². The Bertz CT molecular complexity index is 1230. The molecule has 8 heteroatoms. The predicted molar refractivity (Wildman–Crippen MR) is 132 cm³/mol. The van der Waals surface area contributed by atoms with E-state index in [2.05, 4.69) is 9.89 Å². The summed E-state index contributed by atoms with van der Waals surface area (Å²) >= 11 is 0. The molecule has 0 fully saturated rings. The van der Waals surface area contributed by atoms with Gasteiger partial charge in [-0.25, -0.2) is 8.42 Å². The molecule has 180 valence electrons. The Labute approximate surface area is 200 Å². The molecule has 1 aliphatic heterocycles. The van der Waals surface area contributed by atoms with Gasteiger partial charge in [-0.3, -0.25) is 4.79 Å². The summed E-state index contributed by atoms with van der Waals surface area (Å²) in [7, 11) is -4.56. The van der Waals surface area contributed by atoms with Gasteiger partial charge in [0, 0.05) is 42.4 Å². The van der Waals surface area contributed by atoms with Crippen LogP contribution >= 0.6 is 0 Å². The van der Waals surface area contributed by atoms with Crippen molar-refractivity contribution in [3.8, 4) is 0 Å². The average molecular weight is 483 g/mol. The van der Waals surface area contributed by atoms with Gasteiger partial charge in [-0.15, -0.1) is 0 Å². The number of aliphatic carboxylic acids is 1. The molecular formula is C26H30N2O5S. The fourth-order valence-electron chi connectivity index (χ4n) is 4.15. The second kappa shape index (κ2) is 10.8. The first-order chi connectivity index (χ1) is 16.1. The van der Waals surface area contributed by atoms with Gasteiger partial charge in [0.05, 0.1) is 10.3 Å². The summed E-state index contributed by atoms with van der Waals surface area (Å²) in [6.07, 6.45) is 9.93. The normalized spacial score (nSPS) is 15.3. The van der Waals surface area contributed by atoms with Crippen molar-refractivity contribution in [3.63, 3.8) is 0 Å². The van der Waals surface area contributed by atoms with E-state index in [1.54, 1.807) is 6.07 Å². The number of anilines is 1. The smallest absolute Gasteiger partial charge is 0.303 e. The zero-order valence-electron chi connectivity index (χ0n) is 19.4. The maximum atomic E-state index is 11.6. The molecule has 0 atom stereocenters. The van der Waals surface area contributed by atoms with Crippen LogP contribution in [0.15, 0.2) is 77.9 Å². The minimum Gasteiger partial charge on any atom is -0.744 e. The van der Waals surface area contributed by atoms with E-state index in [0.29, 0.717) is 13.0 Å². The Morgan fingerprint density at radius 1 is 1.09 bits per heavy atom. The molecule has 0 radical (unpaired) electrons. The predicted octanol–water partition coefficient (Wildman–Crippen LogP) is 4.79. The van der Waals surface area contributed by atoms with Crippen LogP contribution in [0.2, 0.25) is 0 Å². The van der Waals surface area contributed by atoms with Crippen LogP contribution in [0.25, 0.3) is 0 Å². The Hall–Kier alpha value is -3.23. The Kier molecular flexibility index (Phi) is 8.06. The van der Waals surface area contributed by atoms with Gasteiger partial charge in [-0.2, -0.15) is 4.58 Å². The minimum atomic E-state index is -4.56. The van der Waals surface area contributed by atoms with Gasteiger partial charge < -0.3 is 15.0 Å². The van der Waals surface area contributed by atoms with E-state index in [0.717, 1.165) is 35.5 Å². The van der Waals surface area contributed by atoms with Crippen molar-refractivity contribution in [2.45, 2.75) is 49.8 Å². The molecule has 2 aromatic rings. The number of benzene rings is 2. The number of carbonyl (C=O) groups is 1. The number of nitrogens with zero attached hydrogens (tertiary/aromatic N) is 1. The first-order valence-electron chi connectivity index (χ1n) is 11.2. The molecular weight excluding hydrogens is 452 g/mol. The van der Waals surface area contributed by atoms with Gasteiger partial charge in [0.2, 0.25) is 5.69 Å². The Morgan fingerprint density at radius 2 is 1.82 bits per heavy atom. The van der Waals surface area contributed by atoms with Crippen molar-refractivity contribution in [3.05, 3.63) is 78.5 Å². The first-order valence-corrected chi connectivity index (χ1v) is 12.6. The number of para-hydroxylation sites is 1. The quantitative estimate of drug-likeness (QED) is 0.206. The van der Waals surface area contributed by atoms with E-state index < -0.39 is 21.5 Å². The average Bonchev–Trinajstić information content (AvgIpc) is 2.99.